The van der Waals surface area contributed by atoms with Gasteiger partial charge < -0.3 is 0 Å². The fourth-order valence-electron chi connectivity index (χ4n) is 1.91. The third kappa shape index (κ3) is 6.62. The summed E-state index contributed by atoms with van der Waals surface area (Å²) in [5, 5.41) is 0. The summed E-state index contributed by atoms with van der Waals surface area (Å²) in [6.45, 7) is 0. The van der Waals surface area contributed by atoms with Crippen molar-refractivity contribution in [1.29, 1.82) is 0 Å². The Labute approximate surface area is 126 Å². The fraction of sp³-hybridized carbons (Fsp3) is 0.500. The second-order valence-electron chi connectivity index (χ2n) is 3.91. The summed E-state index contributed by atoms with van der Waals surface area (Å²) in [5.74, 6) is 0. The van der Waals surface area contributed by atoms with Crippen LogP contribution in [0.1, 0.15) is 25.7 Å². The maximum atomic E-state index is 7.99. The summed E-state index contributed by atoms with van der Waals surface area (Å²) in [4.78, 5) is 0.665. The predicted molar refractivity (Wildman–Crippen MR) is 73.9 cm³/mol. The Balaban J connectivity index is 0.000000437. The van der Waals surface area contributed by atoms with Gasteiger partial charge in [0.05, 0.1) is 0 Å². The number of hydrogen-bond donors (Lipinski definition) is 0. The number of benzene rings is 1. The van der Waals surface area contributed by atoms with Crippen LogP contribution in [0.15, 0.2) is 30.3 Å². The third-order valence-corrected chi connectivity index (χ3v) is 5.69. The van der Waals surface area contributed by atoms with Crippen LogP contribution in [0.4, 0.5) is 0 Å². The molecule has 0 aromatic heterocycles. The van der Waals surface area contributed by atoms with E-state index in [-0.39, 0.29) is 6.04 Å². The summed E-state index contributed by atoms with van der Waals surface area (Å²) < 4.78 is 1.46. The molecule has 17 heavy (non-hydrogen) atoms. The van der Waals surface area contributed by atoms with Crippen LogP contribution >= 0.6 is 18.8 Å². The molecule has 1 aliphatic carbocycles. The van der Waals surface area contributed by atoms with E-state index in [0.29, 0.717) is 19.8 Å². The Morgan fingerprint density at radius 3 is 2.29 bits per heavy atom. The molecule has 0 amide bonds. The molecule has 99 valence electrons. The van der Waals surface area contributed by atoms with Crippen LogP contribution < -0.4 is 4.46 Å². The first kappa shape index (κ1) is 16.0. The van der Waals surface area contributed by atoms with Crippen LogP contribution in [-0.2, 0) is 16.5 Å². The minimum absolute atomic E-state index is 0.212. The monoisotopic (exact) mass is 519 g/mol. The van der Waals surface area contributed by atoms with Crippen molar-refractivity contribution in [3.8, 4) is 0 Å². The van der Waals surface area contributed by atoms with Gasteiger partial charge in [-0.25, -0.2) is 0 Å². The van der Waals surface area contributed by atoms with Crippen LogP contribution in [-0.4, -0.2) is 21.0 Å². The first-order chi connectivity index (χ1) is 8.27. The molecular formula is C12H16Cl2NPtSe. The zero-order chi connectivity index (χ0) is 12.5. The molecule has 1 fully saturated rings. The van der Waals surface area contributed by atoms with E-state index < -0.39 is 16.5 Å². The molecule has 0 heterocycles. The molecule has 1 nitrogen and oxygen atoms in total. The topological polar surface area (TPSA) is 23.8 Å². The molecule has 2 atom stereocenters. The Kier molecular flexibility index (Phi) is 9.28. The molecule has 0 aliphatic heterocycles. The fourth-order valence-corrected chi connectivity index (χ4v) is 4.53. The molecular weight excluding hydrogens is 503 g/mol. The number of halogens is 2. The van der Waals surface area contributed by atoms with Gasteiger partial charge >= 0.3 is 127 Å². The number of nitrogens with one attached hydrogen (secondary N) is 1. The summed E-state index contributed by atoms with van der Waals surface area (Å²) in [6.07, 6.45) is 5.02. The Morgan fingerprint density at radius 1 is 1.12 bits per heavy atom. The van der Waals surface area contributed by atoms with E-state index in [1.54, 1.807) is 0 Å². The molecule has 0 saturated heterocycles. The van der Waals surface area contributed by atoms with Crippen LogP contribution in [0, 0.1) is 0 Å². The van der Waals surface area contributed by atoms with Gasteiger partial charge in [0.15, 0.2) is 0 Å². The summed E-state index contributed by atoms with van der Waals surface area (Å²) in [6, 6.07) is 10.9. The Hall–Kier alpha value is 0.968. The van der Waals surface area contributed by atoms with E-state index in [9.17, 15) is 0 Å². The SMILES string of the molecule is [Cl][Pt][Cl].[NH-]C1CCCCC1[Se+]c1ccccc1. The van der Waals surface area contributed by atoms with Crippen molar-refractivity contribution in [2.75, 3.05) is 0 Å². The number of hydrogen-bond acceptors (Lipinski definition) is 0. The summed E-state index contributed by atoms with van der Waals surface area (Å²) >= 11 is 0.0497. The van der Waals surface area contributed by atoms with E-state index in [1.165, 1.54) is 23.7 Å². The van der Waals surface area contributed by atoms with Crippen molar-refractivity contribution < 1.29 is 16.5 Å². The average Bonchev–Trinajstić information content (AvgIpc) is 2.35. The first-order valence-corrected chi connectivity index (χ1v) is 13.0. The van der Waals surface area contributed by atoms with Gasteiger partial charge in [-0.05, 0) is 0 Å². The van der Waals surface area contributed by atoms with Gasteiger partial charge in [-0.15, -0.1) is 0 Å². The quantitative estimate of drug-likeness (QED) is 0.525. The van der Waals surface area contributed by atoms with Crippen LogP contribution in [0.5, 0.6) is 0 Å². The van der Waals surface area contributed by atoms with Crippen molar-refractivity contribution in [2.24, 2.45) is 0 Å². The van der Waals surface area contributed by atoms with Crippen molar-refractivity contribution in [3.63, 3.8) is 0 Å². The molecule has 0 spiro atoms. The molecule has 1 saturated carbocycles. The van der Waals surface area contributed by atoms with E-state index in [0.717, 1.165) is 6.42 Å². The van der Waals surface area contributed by atoms with Gasteiger partial charge in [0.1, 0.15) is 0 Å². The zero-order valence-electron chi connectivity index (χ0n) is 9.35. The summed E-state index contributed by atoms with van der Waals surface area (Å²) in [7, 11) is 9.75. The van der Waals surface area contributed by atoms with Gasteiger partial charge in [-0.3, -0.25) is 0 Å². The van der Waals surface area contributed by atoms with E-state index in [2.05, 4.69) is 30.3 Å². The molecule has 1 aromatic carbocycles. The van der Waals surface area contributed by atoms with Gasteiger partial charge in [0.25, 0.3) is 0 Å². The van der Waals surface area contributed by atoms with Gasteiger partial charge in [0, 0.05) is 0 Å². The van der Waals surface area contributed by atoms with Crippen molar-refractivity contribution in [1.82, 2.24) is 0 Å². The molecule has 0 bridgehead atoms. The van der Waals surface area contributed by atoms with Crippen LogP contribution in [0.2, 0.25) is 4.82 Å². The average molecular weight is 519 g/mol. The Bertz CT molecular complexity index is 300. The third-order valence-electron chi connectivity index (χ3n) is 2.73. The standard InChI is InChI=1S/C12H16NSe.2ClH.Pt/c13-11-8-4-5-9-12(11)14-10-6-2-1-3-7-10;;;/h1-3,6-7,11-13H,4-5,8-9H2;2*1H;/q;;;+2/p-2. The van der Waals surface area contributed by atoms with Gasteiger partial charge in [-0.1, -0.05) is 0 Å². The molecule has 1 radical (unpaired) electrons. The van der Waals surface area contributed by atoms with E-state index in [4.69, 9.17) is 24.6 Å². The van der Waals surface area contributed by atoms with E-state index in [1.807, 2.05) is 0 Å². The zero-order valence-corrected chi connectivity index (χ0v) is 14.8. The van der Waals surface area contributed by atoms with Crippen molar-refractivity contribution >= 4 is 38.3 Å². The second kappa shape index (κ2) is 9.84. The van der Waals surface area contributed by atoms with Gasteiger partial charge in [0.2, 0.25) is 0 Å². The maximum absolute atomic E-state index is 7.99. The van der Waals surface area contributed by atoms with Crippen molar-refractivity contribution in [2.45, 2.75) is 36.5 Å². The summed E-state index contributed by atoms with van der Waals surface area (Å²) in [5.41, 5.74) is 7.99. The predicted octanol–water partition coefficient (Wildman–Crippen LogP) is 4.18. The molecule has 1 N–H and O–H groups in total. The van der Waals surface area contributed by atoms with Crippen molar-refractivity contribution in [3.05, 3.63) is 36.1 Å². The first-order valence-electron chi connectivity index (χ1n) is 5.53. The molecule has 1 aliphatic rings. The second-order valence-corrected chi connectivity index (χ2v) is 9.94. The molecule has 2 unspecified atom stereocenters. The minimum atomic E-state index is -0.472. The van der Waals surface area contributed by atoms with Crippen LogP contribution in [0.25, 0.3) is 5.73 Å². The number of rotatable bonds is 2. The molecule has 5 heteroatoms. The van der Waals surface area contributed by atoms with E-state index >= 15 is 0 Å². The van der Waals surface area contributed by atoms with Gasteiger partial charge in [-0.2, -0.15) is 0 Å². The Morgan fingerprint density at radius 2 is 1.71 bits per heavy atom. The normalized spacial score (nSPS) is 23.9. The van der Waals surface area contributed by atoms with Crippen LogP contribution in [0.3, 0.4) is 0 Å². The molecule has 2 rings (SSSR count). The molecule has 1 aromatic rings.